The van der Waals surface area contributed by atoms with Crippen molar-refractivity contribution in [1.82, 2.24) is 20.2 Å². The molecule has 2 N–H and O–H groups in total. The lowest BCUT2D eigenvalue weighted by atomic mass is 9.61. The minimum Gasteiger partial charge on any atom is -0.724 e. The number of nitrogens with zero attached hydrogens (tertiary/aromatic N) is 3. The molecule has 11 nitrogen and oxygen atoms in total. The van der Waals surface area contributed by atoms with Crippen molar-refractivity contribution in [3.8, 4) is 0 Å². The Balaban J connectivity index is 0.000000552. The maximum atomic E-state index is 12.6. The molecule has 0 aromatic carbocycles. The zero-order valence-electron chi connectivity index (χ0n) is 17.4. The quantitative estimate of drug-likeness (QED) is 0.374. The molecule has 29 heavy (non-hydrogen) atoms. The second-order valence-corrected chi connectivity index (χ2v) is 10.2. The first-order valence-corrected chi connectivity index (χ1v) is 11.2. The standard InChI is InChI=1S/C14H22N4O6S.C3H9N/c1-16-7-14(8-16)4-9(5-14)15-12(19)11-3-2-10-6-17(11)13(20)18(10)24-25(21,22)23;1-4(2)3/h9-11H,2-8H2,1H3,(H,15,19)(H,21,22,23);1-3H3/t10-,11+;/m1./s1. The highest BCUT2D eigenvalue weighted by Crippen LogP contribution is 2.47. The van der Waals surface area contributed by atoms with Crippen molar-refractivity contribution in [1.29, 1.82) is 0 Å². The summed E-state index contributed by atoms with van der Waals surface area (Å²) < 4.78 is 36.6. The third-order valence-corrected chi connectivity index (χ3v) is 6.06. The van der Waals surface area contributed by atoms with E-state index in [0.717, 1.165) is 25.9 Å². The minimum absolute atomic E-state index is 0.131. The minimum atomic E-state index is -5.02. The molecule has 3 amide bonds. The number of carbonyl (C=O) groups is 2. The molecule has 0 aromatic rings. The highest BCUT2D eigenvalue weighted by molar-refractivity contribution is 7.80. The van der Waals surface area contributed by atoms with Gasteiger partial charge >= 0.3 is 6.03 Å². The van der Waals surface area contributed by atoms with E-state index in [0.29, 0.717) is 23.3 Å². The fraction of sp³-hybridized carbons (Fsp3) is 0.882. The van der Waals surface area contributed by atoms with Gasteiger partial charge in [0.2, 0.25) is 16.3 Å². The number of fused-ring (bicyclic) bond motifs is 2. The largest absolute Gasteiger partial charge is 0.724 e. The van der Waals surface area contributed by atoms with Gasteiger partial charge in [-0.3, -0.25) is 4.79 Å². The third-order valence-electron chi connectivity index (χ3n) is 5.71. The Morgan fingerprint density at radius 2 is 1.83 bits per heavy atom. The average molecular weight is 434 g/mol. The maximum absolute atomic E-state index is 12.6. The number of likely N-dealkylation sites (tertiary alicyclic amines) is 1. The van der Waals surface area contributed by atoms with Crippen molar-refractivity contribution < 1.29 is 31.7 Å². The zero-order valence-corrected chi connectivity index (χ0v) is 18.2. The smallest absolute Gasteiger partial charge is 0.346 e. The Morgan fingerprint density at radius 1 is 1.24 bits per heavy atom. The van der Waals surface area contributed by atoms with Crippen molar-refractivity contribution in [2.24, 2.45) is 5.41 Å². The highest BCUT2D eigenvalue weighted by Gasteiger charge is 2.53. The molecule has 3 heterocycles. The van der Waals surface area contributed by atoms with Gasteiger partial charge < -0.3 is 24.6 Å². The first-order chi connectivity index (χ1) is 13.4. The molecule has 0 unspecified atom stereocenters. The SMILES string of the molecule is CN1CC2(CC(NC(=O)[C@@H]3CC[C@@H]4CN3C(=O)N4OS(=O)(=O)[O-])C2)C1.C[NH+](C)C. The highest BCUT2D eigenvalue weighted by atomic mass is 32.3. The van der Waals surface area contributed by atoms with Crippen LogP contribution in [0.5, 0.6) is 0 Å². The van der Waals surface area contributed by atoms with Crippen LogP contribution < -0.4 is 10.2 Å². The molecule has 1 saturated carbocycles. The Kier molecular flexibility index (Phi) is 6.12. The van der Waals surface area contributed by atoms with Gasteiger partial charge in [-0.15, -0.1) is 0 Å². The predicted molar refractivity (Wildman–Crippen MR) is 101 cm³/mol. The van der Waals surface area contributed by atoms with E-state index in [9.17, 15) is 22.6 Å². The van der Waals surface area contributed by atoms with Crippen molar-refractivity contribution in [3.63, 3.8) is 0 Å². The molecule has 1 aliphatic carbocycles. The van der Waals surface area contributed by atoms with E-state index in [4.69, 9.17) is 0 Å². The molecule has 4 aliphatic rings. The summed E-state index contributed by atoms with van der Waals surface area (Å²) in [5.41, 5.74) is 0.348. The molecule has 0 aromatic heterocycles. The van der Waals surface area contributed by atoms with Gasteiger partial charge in [0.25, 0.3) is 0 Å². The fourth-order valence-corrected chi connectivity index (χ4v) is 5.23. The van der Waals surface area contributed by atoms with Crippen molar-refractivity contribution in [3.05, 3.63) is 0 Å². The molecular formula is C17H31N5O6S. The van der Waals surface area contributed by atoms with Crippen LogP contribution >= 0.6 is 0 Å². The molecule has 4 rings (SSSR count). The Labute approximate surface area is 171 Å². The van der Waals surface area contributed by atoms with Crippen molar-refractivity contribution in [2.45, 2.75) is 43.8 Å². The maximum Gasteiger partial charge on any atom is 0.346 e. The zero-order chi connectivity index (χ0) is 21.6. The number of hydroxylamine groups is 2. The summed E-state index contributed by atoms with van der Waals surface area (Å²) in [6, 6.07) is -1.77. The van der Waals surface area contributed by atoms with E-state index in [2.05, 4.69) is 42.7 Å². The number of amides is 3. The normalized spacial score (nSPS) is 28.7. The van der Waals surface area contributed by atoms with Crippen LogP contribution in [0.25, 0.3) is 0 Å². The van der Waals surface area contributed by atoms with Gasteiger partial charge in [0.15, 0.2) is 0 Å². The second-order valence-electron chi connectivity index (χ2n) is 9.28. The summed E-state index contributed by atoms with van der Waals surface area (Å²) in [5.74, 6) is -0.217. The van der Waals surface area contributed by atoms with Crippen LogP contribution in [0.2, 0.25) is 0 Å². The summed E-state index contributed by atoms with van der Waals surface area (Å²) in [6.45, 7) is 2.31. The molecular weight excluding hydrogens is 402 g/mol. The Morgan fingerprint density at radius 3 is 2.34 bits per heavy atom. The van der Waals surface area contributed by atoms with E-state index in [1.165, 1.54) is 9.80 Å². The number of nitrogens with one attached hydrogen (secondary N) is 2. The molecule has 12 heteroatoms. The molecule has 1 spiro atoms. The topological polar surface area (TPSA) is 127 Å². The molecule has 4 fully saturated rings. The Bertz CT molecular complexity index is 743. The summed E-state index contributed by atoms with van der Waals surface area (Å²) in [5, 5.41) is 3.60. The van der Waals surface area contributed by atoms with Crippen LogP contribution in [-0.2, 0) is 19.5 Å². The fourth-order valence-electron chi connectivity index (χ4n) is 4.84. The molecule has 3 saturated heterocycles. The summed E-state index contributed by atoms with van der Waals surface area (Å²) >= 11 is 0. The molecule has 0 radical (unpaired) electrons. The number of quaternary nitrogens is 1. The van der Waals surface area contributed by atoms with Crippen LogP contribution in [0.15, 0.2) is 0 Å². The van der Waals surface area contributed by atoms with Crippen LogP contribution in [0.1, 0.15) is 25.7 Å². The van der Waals surface area contributed by atoms with E-state index in [1.54, 1.807) is 0 Å². The van der Waals surface area contributed by atoms with E-state index in [1.807, 2.05) is 0 Å². The number of piperidine rings is 1. The van der Waals surface area contributed by atoms with Crippen LogP contribution in [0, 0.1) is 5.41 Å². The number of hydrogen-bond acceptors (Lipinski definition) is 7. The van der Waals surface area contributed by atoms with Gasteiger partial charge in [-0.25, -0.2) is 13.2 Å². The molecule has 3 aliphatic heterocycles. The lowest BCUT2D eigenvalue weighted by Gasteiger charge is -2.58. The first-order valence-electron chi connectivity index (χ1n) is 9.90. The second kappa shape index (κ2) is 7.99. The van der Waals surface area contributed by atoms with Crippen molar-refractivity contribution in [2.75, 3.05) is 47.8 Å². The lowest BCUT2D eigenvalue weighted by Crippen LogP contribution is -3.02. The number of rotatable bonds is 4. The Hall–Kier alpha value is -1.47. The van der Waals surface area contributed by atoms with Gasteiger partial charge in [-0.05, 0) is 38.1 Å². The van der Waals surface area contributed by atoms with Gasteiger partial charge in [-0.2, -0.15) is 9.35 Å². The predicted octanol–water partition coefficient (Wildman–Crippen LogP) is -2.38. The third kappa shape index (κ3) is 5.00. The molecule has 166 valence electrons. The monoisotopic (exact) mass is 433 g/mol. The van der Waals surface area contributed by atoms with Gasteiger partial charge in [-0.1, -0.05) is 0 Å². The summed E-state index contributed by atoms with van der Waals surface area (Å²) in [7, 11) is 3.30. The molecule has 2 bridgehead atoms. The van der Waals surface area contributed by atoms with Gasteiger partial charge in [0, 0.05) is 25.7 Å². The summed E-state index contributed by atoms with van der Waals surface area (Å²) in [6.07, 6.45) is 2.74. The summed E-state index contributed by atoms with van der Waals surface area (Å²) in [4.78, 5) is 29.8. The van der Waals surface area contributed by atoms with Crippen molar-refractivity contribution >= 4 is 22.3 Å². The van der Waals surface area contributed by atoms with E-state index >= 15 is 0 Å². The van der Waals surface area contributed by atoms with Crippen LogP contribution in [0.4, 0.5) is 4.79 Å². The first kappa shape index (κ1) is 22.2. The number of carbonyl (C=O) groups excluding carboxylic acids is 2. The average Bonchev–Trinajstić information content (AvgIpc) is 2.74. The van der Waals surface area contributed by atoms with Crippen LogP contribution in [-0.4, -0.2) is 106 Å². The lowest BCUT2D eigenvalue weighted by molar-refractivity contribution is -0.836. The molecule has 2 atom stereocenters. The van der Waals surface area contributed by atoms with Gasteiger partial charge in [0.05, 0.1) is 27.2 Å². The van der Waals surface area contributed by atoms with Gasteiger partial charge in [0.1, 0.15) is 6.04 Å². The van der Waals surface area contributed by atoms with Crippen LogP contribution in [0.3, 0.4) is 0 Å². The number of urea groups is 1. The number of hydrogen-bond donors (Lipinski definition) is 2. The van der Waals surface area contributed by atoms with E-state index < -0.39 is 28.5 Å². The van der Waals surface area contributed by atoms with E-state index in [-0.39, 0.29) is 18.5 Å².